The van der Waals surface area contributed by atoms with E-state index in [4.69, 9.17) is 14.9 Å². The van der Waals surface area contributed by atoms with E-state index < -0.39 is 5.97 Å². The Kier molecular flexibility index (Phi) is 4.35. The van der Waals surface area contributed by atoms with Gasteiger partial charge in [-0.15, -0.1) is 0 Å². The second-order valence-corrected chi connectivity index (χ2v) is 6.56. The Morgan fingerprint density at radius 2 is 2.14 bits per heavy atom. The van der Waals surface area contributed by atoms with Crippen LogP contribution in [0.25, 0.3) is 16.4 Å². The Morgan fingerprint density at radius 3 is 2.89 bits per heavy atom. The van der Waals surface area contributed by atoms with Crippen molar-refractivity contribution >= 4 is 28.6 Å². The summed E-state index contributed by atoms with van der Waals surface area (Å²) in [6.45, 7) is 5.88. The maximum atomic E-state index is 12.3. The van der Waals surface area contributed by atoms with Crippen LogP contribution in [0.4, 0.5) is 0 Å². The Bertz CT molecular complexity index is 1220. The van der Waals surface area contributed by atoms with E-state index in [0.29, 0.717) is 40.3 Å². The summed E-state index contributed by atoms with van der Waals surface area (Å²) >= 11 is 0. The summed E-state index contributed by atoms with van der Waals surface area (Å²) in [5, 5.41) is 13.1. The second-order valence-electron chi connectivity index (χ2n) is 6.56. The number of ether oxygens (including phenoxy) is 2. The van der Waals surface area contributed by atoms with Gasteiger partial charge in [-0.3, -0.25) is 0 Å². The van der Waals surface area contributed by atoms with Gasteiger partial charge < -0.3 is 19.9 Å². The second kappa shape index (κ2) is 6.84. The van der Waals surface area contributed by atoms with Gasteiger partial charge in [-0.1, -0.05) is 0 Å². The third-order valence-corrected chi connectivity index (χ3v) is 4.64. The SMILES string of the molecule is CCOC(=O)c1cn2ncc(C=N)c(Oc3ccc4[nH]c(C)cc4c3)c2c1C. The van der Waals surface area contributed by atoms with Gasteiger partial charge in [0, 0.05) is 29.0 Å². The van der Waals surface area contributed by atoms with E-state index >= 15 is 0 Å². The normalized spacial score (nSPS) is 11.1. The fraction of sp³-hybridized carbons (Fsp3) is 0.190. The highest BCUT2D eigenvalue weighted by atomic mass is 16.5. The molecule has 0 atom stereocenters. The Labute approximate surface area is 161 Å². The Balaban J connectivity index is 1.85. The summed E-state index contributed by atoms with van der Waals surface area (Å²) in [4.78, 5) is 15.5. The van der Waals surface area contributed by atoms with Crippen LogP contribution in [0.1, 0.15) is 34.1 Å². The van der Waals surface area contributed by atoms with Crippen molar-refractivity contribution in [1.29, 1.82) is 5.41 Å². The summed E-state index contributed by atoms with van der Waals surface area (Å²) < 4.78 is 12.9. The number of hydrogen-bond donors (Lipinski definition) is 2. The summed E-state index contributed by atoms with van der Waals surface area (Å²) in [7, 11) is 0. The average molecular weight is 376 g/mol. The van der Waals surface area contributed by atoms with Crippen LogP contribution in [0, 0.1) is 19.3 Å². The van der Waals surface area contributed by atoms with Gasteiger partial charge in [-0.2, -0.15) is 5.10 Å². The van der Waals surface area contributed by atoms with Gasteiger partial charge >= 0.3 is 5.97 Å². The molecule has 2 N–H and O–H groups in total. The number of aryl methyl sites for hydroxylation is 2. The first kappa shape index (κ1) is 17.8. The maximum absolute atomic E-state index is 12.3. The molecule has 28 heavy (non-hydrogen) atoms. The summed E-state index contributed by atoms with van der Waals surface area (Å²) in [6.07, 6.45) is 4.36. The largest absolute Gasteiger partial charge is 0.462 e. The lowest BCUT2D eigenvalue weighted by Gasteiger charge is -2.11. The molecule has 0 aliphatic carbocycles. The molecule has 0 amide bonds. The first-order valence-electron chi connectivity index (χ1n) is 8.97. The number of rotatable bonds is 5. The zero-order chi connectivity index (χ0) is 19.8. The molecule has 3 aromatic heterocycles. The van der Waals surface area contributed by atoms with E-state index in [1.807, 2.05) is 38.1 Å². The van der Waals surface area contributed by atoms with Crippen LogP contribution in [0.5, 0.6) is 11.5 Å². The molecule has 7 heteroatoms. The lowest BCUT2D eigenvalue weighted by molar-refractivity contribution is 0.0525. The third-order valence-electron chi connectivity index (χ3n) is 4.64. The third kappa shape index (κ3) is 2.90. The zero-order valence-corrected chi connectivity index (χ0v) is 15.9. The molecular weight excluding hydrogens is 356 g/mol. The number of esters is 1. The van der Waals surface area contributed by atoms with E-state index in [1.165, 1.54) is 6.21 Å². The Morgan fingerprint density at radius 1 is 1.32 bits per heavy atom. The van der Waals surface area contributed by atoms with E-state index in [-0.39, 0.29) is 0 Å². The number of hydrogen-bond acceptors (Lipinski definition) is 5. The van der Waals surface area contributed by atoms with Gasteiger partial charge in [0.1, 0.15) is 11.3 Å². The van der Waals surface area contributed by atoms with Crippen LogP contribution >= 0.6 is 0 Å². The molecule has 0 fully saturated rings. The van der Waals surface area contributed by atoms with Crippen molar-refractivity contribution in [1.82, 2.24) is 14.6 Å². The van der Waals surface area contributed by atoms with Crippen LogP contribution < -0.4 is 4.74 Å². The van der Waals surface area contributed by atoms with Crippen molar-refractivity contribution in [2.75, 3.05) is 6.61 Å². The standard InChI is InChI=1S/C21H20N4O3/c1-4-27-21(26)17-11-25-19(13(17)3)20(15(9-22)10-23-25)28-16-5-6-18-14(8-16)7-12(2)24-18/h5-11,22,24H,4H2,1-3H3. The summed E-state index contributed by atoms with van der Waals surface area (Å²) in [6, 6.07) is 7.81. The molecule has 7 nitrogen and oxygen atoms in total. The number of fused-ring (bicyclic) bond motifs is 2. The molecule has 1 aromatic carbocycles. The minimum atomic E-state index is -0.405. The number of aromatic amines is 1. The average Bonchev–Trinajstić information content (AvgIpc) is 3.21. The van der Waals surface area contributed by atoms with Gasteiger partial charge in [-0.25, -0.2) is 9.31 Å². The molecule has 0 aliphatic heterocycles. The molecule has 0 saturated carbocycles. The highest BCUT2D eigenvalue weighted by molar-refractivity contribution is 5.96. The van der Waals surface area contributed by atoms with Crippen LogP contribution in [-0.2, 0) is 4.74 Å². The monoisotopic (exact) mass is 376 g/mol. The smallest absolute Gasteiger partial charge is 0.340 e. The van der Waals surface area contributed by atoms with E-state index in [9.17, 15) is 4.79 Å². The quantitative estimate of drug-likeness (QED) is 0.399. The lowest BCUT2D eigenvalue weighted by atomic mass is 10.1. The Hall–Kier alpha value is -3.61. The number of H-pyrrole nitrogens is 1. The van der Waals surface area contributed by atoms with Gasteiger partial charge in [0.05, 0.1) is 23.9 Å². The van der Waals surface area contributed by atoms with Gasteiger partial charge in [0.25, 0.3) is 0 Å². The summed E-state index contributed by atoms with van der Waals surface area (Å²) in [5.41, 5.74) is 4.38. The van der Waals surface area contributed by atoms with Crippen molar-refractivity contribution in [3.63, 3.8) is 0 Å². The number of nitrogens with one attached hydrogen (secondary N) is 2. The van der Waals surface area contributed by atoms with Crippen LogP contribution in [0.15, 0.2) is 36.7 Å². The van der Waals surface area contributed by atoms with Crippen LogP contribution in [0.2, 0.25) is 0 Å². The summed E-state index contributed by atoms with van der Waals surface area (Å²) in [5.74, 6) is 0.711. The molecule has 142 valence electrons. The molecule has 0 bridgehead atoms. The minimum Gasteiger partial charge on any atom is -0.462 e. The van der Waals surface area contributed by atoms with Crippen LogP contribution in [0.3, 0.4) is 0 Å². The number of benzene rings is 1. The number of carbonyl (C=O) groups is 1. The fourth-order valence-electron chi connectivity index (χ4n) is 3.33. The molecule has 3 heterocycles. The minimum absolute atomic E-state index is 0.295. The van der Waals surface area contributed by atoms with E-state index in [0.717, 1.165) is 16.6 Å². The molecular formula is C21H20N4O3. The molecule has 4 rings (SSSR count). The van der Waals surface area contributed by atoms with Gasteiger partial charge in [-0.05, 0) is 50.6 Å². The molecule has 0 radical (unpaired) electrons. The molecule has 0 saturated heterocycles. The van der Waals surface area contributed by atoms with Crippen molar-refractivity contribution in [2.45, 2.75) is 20.8 Å². The molecule has 0 aliphatic rings. The van der Waals surface area contributed by atoms with Crippen molar-refractivity contribution in [2.24, 2.45) is 0 Å². The molecule has 0 spiro atoms. The van der Waals surface area contributed by atoms with Crippen LogP contribution in [-0.4, -0.2) is 33.4 Å². The van der Waals surface area contributed by atoms with E-state index in [1.54, 1.807) is 23.8 Å². The van der Waals surface area contributed by atoms with Gasteiger partial charge in [0.15, 0.2) is 5.75 Å². The topological polar surface area (TPSA) is 92.5 Å². The zero-order valence-electron chi connectivity index (χ0n) is 15.9. The number of nitrogens with zero attached hydrogens (tertiary/aromatic N) is 2. The fourth-order valence-corrected chi connectivity index (χ4v) is 3.33. The molecule has 0 unspecified atom stereocenters. The maximum Gasteiger partial charge on any atom is 0.340 e. The van der Waals surface area contributed by atoms with Gasteiger partial charge in [0.2, 0.25) is 0 Å². The first-order chi connectivity index (χ1) is 13.5. The van der Waals surface area contributed by atoms with Crippen molar-refractivity contribution < 1.29 is 14.3 Å². The lowest BCUT2D eigenvalue weighted by Crippen LogP contribution is -2.04. The first-order valence-corrected chi connectivity index (χ1v) is 8.97. The molecule has 4 aromatic rings. The van der Waals surface area contributed by atoms with Crippen molar-refractivity contribution in [3.8, 4) is 11.5 Å². The highest BCUT2D eigenvalue weighted by Crippen LogP contribution is 2.34. The highest BCUT2D eigenvalue weighted by Gasteiger charge is 2.21. The van der Waals surface area contributed by atoms with E-state index in [2.05, 4.69) is 10.1 Å². The van der Waals surface area contributed by atoms with Crippen molar-refractivity contribution in [3.05, 3.63) is 59.0 Å². The number of carbonyl (C=O) groups excluding carboxylic acids is 1. The number of aromatic nitrogens is 3. The predicted molar refractivity (Wildman–Crippen MR) is 107 cm³/mol. The predicted octanol–water partition coefficient (Wildman–Crippen LogP) is 4.40.